The van der Waals surface area contributed by atoms with Gasteiger partial charge >= 0.3 is 0 Å². The van der Waals surface area contributed by atoms with Crippen LogP contribution in [0.2, 0.25) is 0 Å². The van der Waals surface area contributed by atoms with Crippen LogP contribution in [-0.2, 0) is 21.7 Å². The third kappa shape index (κ3) is 3.92. The molecule has 0 spiro atoms. The molecule has 26 heavy (non-hydrogen) atoms. The van der Waals surface area contributed by atoms with Crippen molar-refractivity contribution >= 4 is 10.9 Å². The lowest BCUT2D eigenvalue weighted by atomic mass is 9.76. The monoisotopic (exact) mass is 356 g/mol. The second-order valence-corrected chi connectivity index (χ2v) is 11.6. The zero-order valence-electron chi connectivity index (χ0n) is 19.8. The largest absolute Gasteiger partial charge is 0.260 e. The highest BCUT2D eigenvalue weighted by Gasteiger charge is 2.33. The van der Waals surface area contributed by atoms with Gasteiger partial charge in [-0.2, -0.15) is 0 Å². The first-order valence-electron chi connectivity index (χ1n) is 10.1. The number of nitrogens with zero attached hydrogens (tertiary/aromatic N) is 3. The van der Waals surface area contributed by atoms with Crippen molar-refractivity contribution in [1.82, 2.24) is 15.0 Å². The zero-order valence-corrected chi connectivity index (χ0v) is 18.8. The molecule has 2 heterocycles. The molecular weight excluding hydrogens is 318 g/mol. The molecule has 0 unspecified atom stereocenters. The molecule has 0 aromatic carbocycles. The Kier molecular flexibility index (Phi) is 4.45. The molecule has 0 fully saturated rings. The first kappa shape index (κ1) is 19.3. The standard InChI is InChI=1S/C23H37N3/c1-20(2,3)15-16-14(13-24-18(15)22(7,8)9)17(21(4,5)6)26-19(25-16)23(10,11)12/h13H,1-12H3/i13D. The number of fused-ring (bicyclic) bond motifs is 1. The Balaban J connectivity index is 3.22. The average Bonchev–Trinajstić information content (AvgIpc) is 2.41. The second kappa shape index (κ2) is 6.00. The summed E-state index contributed by atoms with van der Waals surface area (Å²) >= 11 is 0. The molecule has 144 valence electrons. The summed E-state index contributed by atoms with van der Waals surface area (Å²) in [5, 5.41) is 0.799. The zero-order chi connectivity index (χ0) is 21.2. The number of pyridine rings is 1. The van der Waals surface area contributed by atoms with E-state index in [0.29, 0.717) is 0 Å². The van der Waals surface area contributed by atoms with Crippen LogP contribution in [-0.4, -0.2) is 15.0 Å². The third-order valence-corrected chi connectivity index (χ3v) is 4.50. The predicted octanol–water partition coefficient (Wildman–Crippen LogP) is 6.21. The summed E-state index contributed by atoms with van der Waals surface area (Å²) in [6.45, 7) is 26.0. The quantitative estimate of drug-likeness (QED) is 0.563. The van der Waals surface area contributed by atoms with Crippen molar-refractivity contribution in [2.75, 3.05) is 0 Å². The van der Waals surface area contributed by atoms with E-state index in [1.807, 2.05) is 0 Å². The number of hydrogen-bond donors (Lipinski definition) is 0. The molecule has 0 N–H and O–H groups in total. The summed E-state index contributed by atoms with van der Waals surface area (Å²) in [5.74, 6) is 0.830. The van der Waals surface area contributed by atoms with E-state index in [2.05, 4.69) is 83.1 Å². The molecule has 0 aliphatic heterocycles. The van der Waals surface area contributed by atoms with Gasteiger partial charge in [-0.3, -0.25) is 4.98 Å². The van der Waals surface area contributed by atoms with Crippen LogP contribution in [0.1, 0.15) is 107 Å². The van der Waals surface area contributed by atoms with Crippen molar-refractivity contribution in [1.29, 1.82) is 0 Å². The lowest BCUT2D eigenvalue weighted by molar-refractivity contribution is 0.507. The van der Waals surface area contributed by atoms with E-state index in [9.17, 15) is 0 Å². The first-order chi connectivity index (χ1) is 11.8. The Hall–Kier alpha value is -1.51. The summed E-state index contributed by atoms with van der Waals surface area (Å²) in [6.07, 6.45) is 0.285. The number of rotatable bonds is 0. The van der Waals surface area contributed by atoms with E-state index >= 15 is 0 Å². The van der Waals surface area contributed by atoms with Gasteiger partial charge in [-0.15, -0.1) is 0 Å². The van der Waals surface area contributed by atoms with Crippen molar-refractivity contribution in [2.45, 2.75) is 105 Å². The molecule has 3 heteroatoms. The van der Waals surface area contributed by atoms with E-state index in [1.54, 1.807) is 0 Å². The lowest BCUT2D eigenvalue weighted by Gasteiger charge is -2.32. The molecule has 2 rings (SSSR count). The van der Waals surface area contributed by atoms with Crippen molar-refractivity contribution < 1.29 is 1.37 Å². The normalized spacial score (nSPS) is 14.7. The van der Waals surface area contributed by atoms with Crippen LogP contribution < -0.4 is 0 Å². The Labute approximate surface area is 161 Å². The van der Waals surface area contributed by atoms with Gasteiger partial charge in [0.1, 0.15) is 5.82 Å². The van der Waals surface area contributed by atoms with Gasteiger partial charge in [-0.25, -0.2) is 9.97 Å². The van der Waals surface area contributed by atoms with Crippen molar-refractivity contribution in [3.8, 4) is 0 Å². The van der Waals surface area contributed by atoms with E-state index in [0.717, 1.165) is 33.7 Å². The fourth-order valence-corrected chi connectivity index (χ4v) is 3.16. The fourth-order valence-electron chi connectivity index (χ4n) is 3.16. The lowest BCUT2D eigenvalue weighted by Crippen LogP contribution is -2.27. The maximum atomic E-state index is 8.74. The van der Waals surface area contributed by atoms with E-state index in [-0.39, 0.29) is 27.8 Å². The van der Waals surface area contributed by atoms with Crippen LogP contribution in [0, 0.1) is 0 Å². The molecule has 0 bridgehead atoms. The molecule has 2 aromatic heterocycles. The Morgan fingerprint density at radius 2 is 1.15 bits per heavy atom. The minimum Gasteiger partial charge on any atom is -0.260 e. The van der Waals surface area contributed by atoms with Crippen LogP contribution in [0.15, 0.2) is 6.17 Å². The summed E-state index contributed by atoms with van der Waals surface area (Å²) in [6, 6.07) is 0. The first-order valence-corrected chi connectivity index (χ1v) is 9.59. The molecule has 0 aliphatic carbocycles. The Bertz CT molecular complexity index is 870. The highest BCUT2D eigenvalue weighted by Crippen LogP contribution is 2.39. The van der Waals surface area contributed by atoms with Crippen molar-refractivity contribution in [3.05, 3.63) is 28.9 Å². The fraction of sp³-hybridized carbons (Fsp3) is 0.696. The molecule has 0 amide bonds. The SMILES string of the molecule is [2H]c1nc(C(C)(C)C)c(C(C)(C)C)c2nc(C(C)(C)C)nc(C(C)(C)C)c12. The molecule has 0 atom stereocenters. The maximum Gasteiger partial charge on any atom is 0.134 e. The third-order valence-electron chi connectivity index (χ3n) is 4.50. The van der Waals surface area contributed by atoms with Crippen molar-refractivity contribution in [3.63, 3.8) is 0 Å². The molecule has 0 aliphatic rings. The minimum absolute atomic E-state index is 0.139. The predicted molar refractivity (Wildman–Crippen MR) is 112 cm³/mol. The molecular formula is C23H37N3. The van der Waals surface area contributed by atoms with E-state index in [4.69, 9.17) is 16.3 Å². The van der Waals surface area contributed by atoms with Gasteiger partial charge in [-0.1, -0.05) is 83.1 Å². The van der Waals surface area contributed by atoms with Gasteiger partial charge in [0.25, 0.3) is 0 Å². The van der Waals surface area contributed by atoms with Gasteiger partial charge in [-0.05, 0) is 5.41 Å². The number of hydrogen-bond acceptors (Lipinski definition) is 3. The molecule has 0 saturated heterocycles. The Morgan fingerprint density at radius 1 is 0.654 bits per heavy atom. The summed E-state index contributed by atoms with van der Waals surface area (Å²) < 4.78 is 8.74. The highest BCUT2D eigenvalue weighted by molar-refractivity contribution is 5.86. The molecule has 0 radical (unpaired) electrons. The van der Waals surface area contributed by atoms with Gasteiger partial charge < -0.3 is 0 Å². The summed E-state index contributed by atoms with van der Waals surface area (Å²) in [4.78, 5) is 14.8. The molecule has 0 saturated carbocycles. The van der Waals surface area contributed by atoms with E-state index in [1.165, 1.54) is 0 Å². The summed E-state index contributed by atoms with van der Waals surface area (Å²) in [5.41, 5.74) is 3.25. The second-order valence-electron chi connectivity index (χ2n) is 11.6. The maximum absolute atomic E-state index is 8.74. The Morgan fingerprint density at radius 3 is 1.54 bits per heavy atom. The van der Waals surface area contributed by atoms with E-state index < -0.39 is 0 Å². The van der Waals surface area contributed by atoms with Crippen molar-refractivity contribution in [2.24, 2.45) is 0 Å². The van der Waals surface area contributed by atoms with Crippen LogP contribution in [0.3, 0.4) is 0 Å². The number of aromatic nitrogens is 3. The topological polar surface area (TPSA) is 38.7 Å². The molecule has 2 aromatic rings. The molecule has 3 nitrogen and oxygen atoms in total. The van der Waals surface area contributed by atoms with Crippen LogP contribution >= 0.6 is 0 Å². The van der Waals surface area contributed by atoms with Crippen LogP contribution in [0.25, 0.3) is 10.9 Å². The smallest absolute Gasteiger partial charge is 0.134 e. The van der Waals surface area contributed by atoms with Gasteiger partial charge in [0.05, 0.1) is 18.3 Å². The van der Waals surface area contributed by atoms with Gasteiger partial charge in [0.15, 0.2) is 0 Å². The average molecular weight is 357 g/mol. The van der Waals surface area contributed by atoms with Crippen LogP contribution in [0.4, 0.5) is 0 Å². The van der Waals surface area contributed by atoms with Crippen LogP contribution in [0.5, 0.6) is 0 Å². The highest BCUT2D eigenvalue weighted by atomic mass is 14.9. The minimum atomic E-state index is -0.197. The van der Waals surface area contributed by atoms with Gasteiger partial charge in [0.2, 0.25) is 0 Å². The summed E-state index contributed by atoms with van der Waals surface area (Å²) in [7, 11) is 0. The van der Waals surface area contributed by atoms with Gasteiger partial charge in [0, 0.05) is 33.4 Å².